The van der Waals surface area contributed by atoms with Crippen molar-refractivity contribution in [3.8, 4) is 6.07 Å². The standard InChI is InChI=1S/C21H25N3O/c1-15(2)16-5-7-17(8-6-16)21(25,20(3)13-24(4)14-20)18-9-10-23-19(11-18)12-22/h5-11,15,25H,13-14H2,1-4H3/t21-/m0/s1. The minimum atomic E-state index is -1.16. The lowest BCUT2D eigenvalue weighted by atomic mass is 9.62. The van der Waals surface area contributed by atoms with Gasteiger partial charge in [0.05, 0.1) is 0 Å². The summed E-state index contributed by atoms with van der Waals surface area (Å²) >= 11 is 0. The molecule has 0 radical (unpaired) electrons. The van der Waals surface area contributed by atoms with Gasteiger partial charge in [0.15, 0.2) is 0 Å². The lowest BCUT2D eigenvalue weighted by molar-refractivity contribution is -0.127. The van der Waals surface area contributed by atoms with Crippen LogP contribution in [0.4, 0.5) is 0 Å². The molecule has 0 spiro atoms. The molecule has 3 rings (SSSR count). The summed E-state index contributed by atoms with van der Waals surface area (Å²) in [6, 6.07) is 13.8. The number of nitrogens with zero attached hydrogens (tertiary/aromatic N) is 3. The summed E-state index contributed by atoms with van der Waals surface area (Å²) in [5.41, 5.74) is 1.67. The Morgan fingerprint density at radius 2 is 1.84 bits per heavy atom. The minimum Gasteiger partial charge on any atom is -0.380 e. The average Bonchev–Trinajstić information content (AvgIpc) is 2.59. The van der Waals surface area contributed by atoms with Crippen LogP contribution in [0.3, 0.4) is 0 Å². The largest absolute Gasteiger partial charge is 0.380 e. The van der Waals surface area contributed by atoms with Crippen molar-refractivity contribution < 1.29 is 5.11 Å². The molecule has 0 bridgehead atoms. The second-order valence-electron chi connectivity index (χ2n) is 7.76. The lowest BCUT2D eigenvalue weighted by Gasteiger charge is -2.56. The van der Waals surface area contributed by atoms with E-state index in [9.17, 15) is 10.4 Å². The smallest absolute Gasteiger partial charge is 0.140 e. The van der Waals surface area contributed by atoms with E-state index in [-0.39, 0.29) is 5.41 Å². The Morgan fingerprint density at radius 1 is 1.20 bits per heavy atom. The van der Waals surface area contributed by atoms with E-state index in [2.05, 4.69) is 55.9 Å². The molecule has 1 atom stereocenters. The second-order valence-corrected chi connectivity index (χ2v) is 7.76. The number of aromatic nitrogens is 1. The quantitative estimate of drug-likeness (QED) is 0.931. The predicted molar refractivity (Wildman–Crippen MR) is 98.1 cm³/mol. The van der Waals surface area contributed by atoms with Crippen LogP contribution < -0.4 is 0 Å². The SMILES string of the molecule is CC(C)c1ccc([C@](O)(c2ccnc(C#N)c2)C2(C)CN(C)C2)cc1. The van der Waals surface area contributed by atoms with Crippen molar-refractivity contribution in [3.63, 3.8) is 0 Å². The van der Waals surface area contributed by atoms with Gasteiger partial charge in [-0.15, -0.1) is 0 Å². The van der Waals surface area contributed by atoms with Crippen LogP contribution in [-0.4, -0.2) is 35.1 Å². The first-order chi connectivity index (χ1) is 11.8. The lowest BCUT2D eigenvalue weighted by Crippen LogP contribution is -2.63. The van der Waals surface area contributed by atoms with Crippen LogP contribution in [0.2, 0.25) is 0 Å². The van der Waals surface area contributed by atoms with E-state index in [0.29, 0.717) is 11.6 Å². The molecule has 1 aliphatic rings. The highest BCUT2D eigenvalue weighted by atomic mass is 16.3. The van der Waals surface area contributed by atoms with Crippen molar-refractivity contribution >= 4 is 0 Å². The number of aliphatic hydroxyl groups is 1. The molecule has 0 amide bonds. The summed E-state index contributed by atoms with van der Waals surface area (Å²) in [6.07, 6.45) is 1.60. The van der Waals surface area contributed by atoms with E-state index in [1.807, 2.05) is 18.2 Å². The van der Waals surface area contributed by atoms with Crippen molar-refractivity contribution in [3.05, 3.63) is 65.0 Å². The van der Waals surface area contributed by atoms with Crippen LogP contribution in [-0.2, 0) is 5.60 Å². The molecule has 1 aliphatic heterocycles. The molecule has 4 heteroatoms. The summed E-state index contributed by atoms with van der Waals surface area (Å²) in [6.45, 7) is 8.01. The third-order valence-electron chi connectivity index (χ3n) is 5.40. The first-order valence-electron chi connectivity index (χ1n) is 8.68. The molecular weight excluding hydrogens is 310 g/mol. The van der Waals surface area contributed by atoms with Crippen LogP contribution in [0, 0.1) is 16.7 Å². The van der Waals surface area contributed by atoms with E-state index < -0.39 is 5.60 Å². The molecular formula is C21H25N3O. The highest BCUT2D eigenvalue weighted by molar-refractivity contribution is 5.43. The van der Waals surface area contributed by atoms with Crippen molar-refractivity contribution in [2.75, 3.05) is 20.1 Å². The highest BCUT2D eigenvalue weighted by Crippen LogP contribution is 2.50. The summed E-state index contributed by atoms with van der Waals surface area (Å²) in [4.78, 5) is 6.25. The Bertz CT molecular complexity index is 801. The monoisotopic (exact) mass is 335 g/mol. The maximum Gasteiger partial charge on any atom is 0.140 e. The highest BCUT2D eigenvalue weighted by Gasteiger charge is 2.55. The number of benzene rings is 1. The zero-order chi connectivity index (χ0) is 18.2. The van der Waals surface area contributed by atoms with E-state index in [4.69, 9.17) is 0 Å². The van der Waals surface area contributed by atoms with Crippen molar-refractivity contribution in [2.24, 2.45) is 5.41 Å². The minimum absolute atomic E-state index is 0.324. The van der Waals surface area contributed by atoms with Crippen LogP contribution in [0.5, 0.6) is 0 Å². The molecule has 1 aromatic carbocycles. The molecule has 130 valence electrons. The van der Waals surface area contributed by atoms with E-state index in [1.165, 1.54) is 5.56 Å². The van der Waals surface area contributed by atoms with Crippen molar-refractivity contribution in [1.29, 1.82) is 5.26 Å². The zero-order valence-corrected chi connectivity index (χ0v) is 15.3. The normalized spacial score (nSPS) is 19.1. The van der Waals surface area contributed by atoms with Gasteiger partial charge in [0.1, 0.15) is 17.4 Å². The molecule has 2 aromatic rings. The van der Waals surface area contributed by atoms with E-state index >= 15 is 0 Å². The topological polar surface area (TPSA) is 60.2 Å². The molecule has 0 aliphatic carbocycles. The molecule has 1 N–H and O–H groups in total. The van der Waals surface area contributed by atoms with Crippen LogP contribution in [0.25, 0.3) is 0 Å². The van der Waals surface area contributed by atoms with Gasteiger partial charge >= 0.3 is 0 Å². The fourth-order valence-electron chi connectivity index (χ4n) is 4.06. The van der Waals surface area contributed by atoms with Gasteiger partial charge in [-0.1, -0.05) is 45.0 Å². The molecule has 1 fully saturated rings. The van der Waals surface area contributed by atoms with Gasteiger partial charge in [-0.25, -0.2) is 4.98 Å². The maximum atomic E-state index is 11.9. The number of likely N-dealkylation sites (tertiary alicyclic amines) is 1. The summed E-state index contributed by atoms with van der Waals surface area (Å²) in [7, 11) is 2.05. The Labute approximate surface area is 149 Å². The zero-order valence-electron chi connectivity index (χ0n) is 15.3. The van der Waals surface area contributed by atoms with Crippen LogP contribution >= 0.6 is 0 Å². The summed E-state index contributed by atoms with van der Waals surface area (Å²) in [5.74, 6) is 0.443. The maximum absolute atomic E-state index is 11.9. The number of pyridine rings is 1. The Kier molecular flexibility index (Phi) is 4.40. The molecule has 1 saturated heterocycles. The Hall–Kier alpha value is -2.22. The molecule has 0 saturated carbocycles. The van der Waals surface area contributed by atoms with Crippen molar-refractivity contribution in [1.82, 2.24) is 9.88 Å². The van der Waals surface area contributed by atoms with Crippen molar-refractivity contribution in [2.45, 2.75) is 32.3 Å². The first kappa shape index (κ1) is 17.6. The number of nitriles is 1. The van der Waals surface area contributed by atoms with E-state index in [1.54, 1.807) is 12.3 Å². The average molecular weight is 335 g/mol. The van der Waals surface area contributed by atoms with Gasteiger partial charge in [0.25, 0.3) is 0 Å². The van der Waals surface area contributed by atoms with Gasteiger partial charge < -0.3 is 10.0 Å². The number of rotatable bonds is 4. The van der Waals surface area contributed by atoms with Gasteiger partial charge in [-0.2, -0.15) is 5.26 Å². The molecule has 1 aromatic heterocycles. The Morgan fingerprint density at radius 3 is 2.36 bits per heavy atom. The number of hydrogen-bond acceptors (Lipinski definition) is 4. The predicted octanol–water partition coefficient (Wildman–Crippen LogP) is 3.26. The fourth-order valence-corrected chi connectivity index (χ4v) is 4.06. The summed E-state index contributed by atoms with van der Waals surface area (Å²) < 4.78 is 0. The molecule has 2 heterocycles. The van der Waals surface area contributed by atoms with E-state index in [0.717, 1.165) is 24.2 Å². The van der Waals surface area contributed by atoms with Gasteiger partial charge in [0, 0.05) is 24.7 Å². The third kappa shape index (κ3) is 2.84. The van der Waals surface area contributed by atoms with Crippen LogP contribution in [0.1, 0.15) is 49.1 Å². The fraction of sp³-hybridized carbons (Fsp3) is 0.429. The molecule has 25 heavy (non-hydrogen) atoms. The number of hydrogen-bond donors (Lipinski definition) is 1. The summed E-state index contributed by atoms with van der Waals surface area (Å²) in [5, 5.41) is 21.1. The van der Waals surface area contributed by atoms with Gasteiger partial charge in [-0.3, -0.25) is 0 Å². The Balaban J connectivity index is 2.14. The van der Waals surface area contributed by atoms with Gasteiger partial charge in [-0.05, 0) is 41.8 Å². The van der Waals surface area contributed by atoms with Gasteiger partial charge in [0.2, 0.25) is 0 Å². The van der Waals surface area contributed by atoms with Crippen LogP contribution in [0.15, 0.2) is 42.6 Å². The molecule has 4 nitrogen and oxygen atoms in total. The third-order valence-corrected chi connectivity index (χ3v) is 5.40. The molecule has 0 unspecified atom stereocenters. The second kappa shape index (κ2) is 6.25. The first-order valence-corrected chi connectivity index (χ1v) is 8.68.